The minimum Gasteiger partial charge on any atom is -0.319 e. The van der Waals surface area contributed by atoms with Crippen molar-refractivity contribution in [1.29, 1.82) is 0 Å². The Hall–Kier alpha value is -3.19. The van der Waals surface area contributed by atoms with E-state index in [1.807, 2.05) is 0 Å². The summed E-state index contributed by atoms with van der Waals surface area (Å²) < 4.78 is 92.6. The molecule has 27 heavy (non-hydrogen) atoms. The second-order valence-corrected chi connectivity index (χ2v) is 5.08. The molecular weight excluding hydrogens is 393 g/mol. The van der Waals surface area contributed by atoms with Crippen LogP contribution in [0.5, 0.6) is 0 Å². The van der Waals surface area contributed by atoms with E-state index in [0.717, 1.165) is 10.9 Å². The van der Waals surface area contributed by atoms with E-state index < -0.39 is 63.8 Å². The van der Waals surface area contributed by atoms with Crippen LogP contribution in [-0.4, -0.2) is 20.6 Å². The van der Waals surface area contributed by atoms with Crippen molar-refractivity contribution in [3.8, 4) is 0 Å². The molecule has 0 radical (unpaired) electrons. The minimum atomic E-state index is -5.72. The fraction of sp³-hybridized carbons (Fsp3) is 0.231. The molecule has 1 aromatic carbocycles. The highest BCUT2D eigenvalue weighted by atomic mass is 19.4. The number of carbonyl (C=O) groups excluding carboxylic acids is 1. The van der Waals surface area contributed by atoms with Crippen LogP contribution < -0.4 is 5.32 Å². The molecule has 0 aliphatic rings. The lowest BCUT2D eigenvalue weighted by atomic mass is 10.1. The van der Waals surface area contributed by atoms with E-state index in [-0.39, 0.29) is 5.69 Å². The van der Waals surface area contributed by atoms with Crippen LogP contribution in [0.3, 0.4) is 0 Å². The number of nitro groups is 1. The van der Waals surface area contributed by atoms with E-state index in [2.05, 4.69) is 5.10 Å². The summed E-state index contributed by atoms with van der Waals surface area (Å²) >= 11 is 0. The van der Waals surface area contributed by atoms with Crippen molar-refractivity contribution >= 4 is 17.3 Å². The minimum absolute atomic E-state index is 0.124. The third-order valence-corrected chi connectivity index (χ3v) is 3.38. The first-order valence-electron chi connectivity index (χ1n) is 6.76. The molecule has 0 bridgehead atoms. The van der Waals surface area contributed by atoms with Gasteiger partial charge in [0.2, 0.25) is 5.91 Å². The Morgan fingerprint density at radius 2 is 1.70 bits per heavy atom. The van der Waals surface area contributed by atoms with Crippen LogP contribution in [0.4, 0.5) is 42.1 Å². The van der Waals surface area contributed by atoms with Crippen molar-refractivity contribution in [1.82, 2.24) is 9.78 Å². The van der Waals surface area contributed by atoms with Gasteiger partial charge in [0, 0.05) is 0 Å². The highest BCUT2D eigenvalue weighted by molar-refractivity contribution is 5.91. The Morgan fingerprint density at radius 1 is 1.19 bits per heavy atom. The van der Waals surface area contributed by atoms with Gasteiger partial charge in [0.05, 0.1) is 4.92 Å². The molecule has 2 aromatic rings. The number of benzene rings is 1. The van der Waals surface area contributed by atoms with Gasteiger partial charge in [-0.2, -0.15) is 18.3 Å². The van der Waals surface area contributed by atoms with Crippen LogP contribution in [0.25, 0.3) is 0 Å². The van der Waals surface area contributed by atoms with Gasteiger partial charge in [-0.1, -0.05) is 0 Å². The van der Waals surface area contributed by atoms with Crippen molar-refractivity contribution in [3.63, 3.8) is 0 Å². The van der Waals surface area contributed by atoms with Crippen molar-refractivity contribution in [3.05, 3.63) is 50.8 Å². The van der Waals surface area contributed by atoms with Gasteiger partial charge in [-0.3, -0.25) is 19.6 Å². The first-order valence-corrected chi connectivity index (χ1v) is 6.76. The number of alkyl halides is 3. The summed E-state index contributed by atoms with van der Waals surface area (Å²) in [6.45, 7) is 0.319. The fourth-order valence-corrected chi connectivity index (χ4v) is 2.08. The average molecular weight is 400 g/mol. The standard InChI is InChI=1S/C13H7F7N4O3/c1-4-5(24(26)27)2-21-23(4)3-6(25)22-12-10(16)8(14)7(13(18,19)20)9(15)11(12)17/h2H,3H2,1H3,(H,22,25). The number of hydrogen-bond donors (Lipinski definition) is 1. The third kappa shape index (κ3) is 3.68. The Bertz CT molecular complexity index is 910. The second kappa shape index (κ2) is 6.85. The molecule has 0 aliphatic carbocycles. The van der Waals surface area contributed by atoms with Gasteiger partial charge in [-0.25, -0.2) is 17.6 Å². The van der Waals surface area contributed by atoms with Crippen molar-refractivity contribution in [2.24, 2.45) is 0 Å². The highest BCUT2D eigenvalue weighted by Crippen LogP contribution is 2.38. The summed E-state index contributed by atoms with van der Waals surface area (Å²) in [5.41, 5.74) is -5.16. The first kappa shape index (κ1) is 20.1. The molecule has 1 heterocycles. The van der Waals surface area contributed by atoms with Gasteiger partial charge in [0.1, 0.15) is 29.7 Å². The molecule has 1 N–H and O–H groups in total. The summed E-state index contributed by atoms with van der Waals surface area (Å²) in [4.78, 5) is 21.6. The number of rotatable bonds is 4. The van der Waals surface area contributed by atoms with E-state index >= 15 is 0 Å². The fourth-order valence-electron chi connectivity index (χ4n) is 2.08. The number of nitrogens with zero attached hydrogens (tertiary/aromatic N) is 3. The zero-order valence-electron chi connectivity index (χ0n) is 13.0. The molecule has 0 saturated heterocycles. The van der Waals surface area contributed by atoms with Crippen molar-refractivity contribution in [2.75, 3.05) is 5.32 Å². The molecule has 0 atom stereocenters. The van der Waals surface area contributed by atoms with E-state index in [4.69, 9.17) is 0 Å². The quantitative estimate of drug-likeness (QED) is 0.369. The number of anilines is 1. The number of nitrogens with one attached hydrogen (secondary N) is 1. The molecule has 14 heteroatoms. The van der Waals surface area contributed by atoms with Gasteiger partial charge < -0.3 is 5.32 Å². The van der Waals surface area contributed by atoms with E-state index in [1.165, 1.54) is 12.2 Å². The molecule has 0 aliphatic heterocycles. The zero-order valence-corrected chi connectivity index (χ0v) is 13.0. The third-order valence-electron chi connectivity index (χ3n) is 3.38. The molecule has 2 rings (SSSR count). The summed E-state index contributed by atoms with van der Waals surface area (Å²) in [7, 11) is 0. The summed E-state index contributed by atoms with van der Waals surface area (Å²) in [5.74, 6) is -11.7. The average Bonchev–Trinajstić information content (AvgIpc) is 2.89. The van der Waals surface area contributed by atoms with Crippen LogP contribution in [-0.2, 0) is 17.5 Å². The molecule has 0 unspecified atom stereocenters. The van der Waals surface area contributed by atoms with Crippen molar-refractivity contribution < 1.29 is 40.5 Å². The number of carbonyl (C=O) groups is 1. The SMILES string of the molecule is Cc1c([N+](=O)[O-])cnn1CC(=O)Nc1c(F)c(F)c(C(F)(F)F)c(F)c1F. The molecule has 0 fully saturated rings. The van der Waals surface area contributed by atoms with Crippen molar-refractivity contribution in [2.45, 2.75) is 19.6 Å². The van der Waals surface area contributed by atoms with Crippen LogP contribution in [0.1, 0.15) is 11.3 Å². The van der Waals surface area contributed by atoms with Gasteiger partial charge in [0.15, 0.2) is 23.3 Å². The maximum Gasteiger partial charge on any atom is 0.422 e. The zero-order chi connectivity index (χ0) is 20.7. The van der Waals surface area contributed by atoms with Gasteiger partial charge in [0.25, 0.3) is 0 Å². The number of aromatic nitrogens is 2. The predicted molar refractivity (Wildman–Crippen MR) is 73.5 cm³/mol. The predicted octanol–water partition coefficient (Wildman–Crippen LogP) is 3.31. The Labute approximate surface area is 144 Å². The maximum absolute atomic E-state index is 13.7. The molecule has 0 saturated carbocycles. The van der Waals surface area contributed by atoms with E-state index in [1.54, 1.807) is 0 Å². The van der Waals surface area contributed by atoms with E-state index in [0.29, 0.717) is 0 Å². The van der Waals surface area contributed by atoms with Crippen LogP contribution in [0.15, 0.2) is 6.20 Å². The van der Waals surface area contributed by atoms with E-state index in [9.17, 15) is 45.6 Å². The normalized spacial score (nSPS) is 11.6. The lowest BCUT2D eigenvalue weighted by Gasteiger charge is -2.14. The summed E-state index contributed by atoms with van der Waals surface area (Å²) in [6.07, 6.45) is -4.94. The number of amides is 1. The largest absolute Gasteiger partial charge is 0.422 e. The molecule has 1 amide bonds. The van der Waals surface area contributed by atoms with Gasteiger partial charge in [-0.15, -0.1) is 0 Å². The lowest BCUT2D eigenvalue weighted by Crippen LogP contribution is -2.24. The van der Waals surface area contributed by atoms with Crippen LogP contribution in [0.2, 0.25) is 0 Å². The Balaban J connectivity index is 2.35. The smallest absolute Gasteiger partial charge is 0.319 e. The molecule has 0 spiro atoms. The Kier molecular flexibility index (Phi) is 5.10. The molecule has 146 valence electrons. The topological polar surface area (TPSA) is 90.1 Å². The Morgan fingerprint density at radius 3 is 2.11 bits per heavy atom. The van der Waals surface area contributed by atoms with Gasteiger partial charge >= 0.3 is 11.9 Å². The number of halogens is 7. The van der Waals surface area contributed by atoms with Crippen LogP contribution >= 0.6 is 0 Å². The lowest BCUT2D eigenvalue weighted by molar-refractivity contribution is -0.385. The van der Waals surface area contributed by atoms with Gasteiger partial charge in [-0.05, 0) is 6.92 Å². The maximum atomic E-state index is 13.7. The molecule has 1 aromatic heterocycles. The molecular formula is C13H7F7N4O3. The summed E-state index contributed by atoms with van der Waals surface area (Å²) in [6, 6.07) is 0. The monoisotopic (exact) mass is 400 g/mol. The second-order valence-electron chi connectivity index (χ2n) is 5.08. The molecule has 7 nitrogen and oxygen atoms in total. The van der Waals surface area contributed by atoms with Crippen LogP contribution in [0, 0.1) is 40.3 Å². The first-order chi connectivity index (χ1) is 12.4. The summed E-state index contributed by atoms with van der Waals surface area (Å²) in [5, 5.41) is 15.5. The highest BCUT2D eigenvalue weighted by Gasteiger charge is 2.42. The number of hydrogen-bond acceptors (Lipinski definition) is 4.